The zero-order chi connectivity index (χ0) is 13.8. The highest BCUT2D eigenvalue weighted by Gasteiger charge is 1.93. The van der Waals surface area contributed by atoms with Crippen LogP contribution in [0.1, 0.15) is 44.6 Å². The molecule has 1 aromatic carbocycles. The summed E-state index contributed by atoms with van der Waals surface area (Å²) in [6, 6.07) is 10.5. The quantitative estimate of drug-likeness (QED) is 0.408. The van der Waals surface area contributed by atoms with E-state index in [1.54, 1.807) is 0 Å². The van der Waals surface area contributed by atoms with Crippen molar-refractivity contribution in [1.29, 1.82) is 0 Å². The van der Waals surface area contributed by atoms with Gasteiger partial charge in [-0.3, -0.25) is 4.99 Å². The van der Waals surface area contributed by atoms with Gasteiger partial charge in [0.05, 0.1) is 0 Å². The Morgan fingerprint density at radius 3 is 2.63 bits per heavy atom. The molecule has 1 rings (SSSR count). The van der Waals surface area contributed by atoms with E-state index in [1.165, 1.54) is 31.2 Å². The van der Waals surface area contributed by atoms with Gasteiger partial charge in [-0.2, -0.15) is 0 Å². The van der Waals surface area contributed by atoms with Gasteiger partial charge in [0.1, 0.15) is 0 Å². The van der Waals surface area contributed by atoms with Crippen molar-refractivity contribution in [2.45, 2.75) is 45.4 Å². The number of hydrogen-bond donors (Lipinski definition) is 2. The van der Waals surface area contributed by atoms with Crippen LogP contribution in [0.5, 0.6) is 0 Å². The third kappa shape index (κ3) is 8.25. The van der Waals surface area contributed by atoms with E-state index in [-0.39, 0.29) is 0 Å². The van der Waals surface area contributed by atoms with E-state index in [2.05, 4.69) is 41.5 Å². The summed E-state index contributed by atoms with van der Waals surface area (Å²) in [6.45, 7) is 3.95. The molecule has 0 aliphatic heterocycles. The van der Waals surface area contributed by atoms with E-state index in [9.17, 15) is 0 Å². The van der Waals surface area contributed by atoms with Crippen molar-refractivity contribution in [2.24, 2.45) is 10.7 Å². The van der Waals surface area contributed by atoms with Gasteiger partial charge >= 0.3 is 0 Å². The second kappa shape index (κ2) is 10.4. The maximum absolute atomic E-state index is 5.81. The van der Waals surface area contributed by atoms with Gasteiger partial charge in [0.15, 0.2) is 5.96 Å². The molecule has 1 aromatic rings. The van der Waals surface area contributed by atoms with Crippen LogP contribution in [0.2, 0.25) is 0 Å². The fourth-order valence-electron chi connectivity index (χ4n) is 1.95. The van der Waals surface area contributed by atoms with Crippen LogP contribution in [-0.4, -0.2) is 19.0 Å². The molecule has 0 spiro atoms. The molecular weight excluding hydrogens is 234 g/mol. The Morgan fingerprint density at radius 1 is 1.11 bits per heavy atom. The van der Waals surface area contributed by atoms with Crippen molar-refractivity contribution in [3.8, 4) is 0 Å². The van der Waals surface area contributed by atoms with Crippen LogP contribution in [0.25, 0.3) is 0 Å². The lowest BCUT2D eigenvalue weighted by molar-refractivity contribution is 0.652. The summed E-state index contributed by atoms with van der Waals surface area (Å²) in [5, 5.41) is 3.17. The molecule has 0 saturated heterocycles. The molecule has 0 fully saturated rings. The zero-order valence-electron chi connectivity index (χ0n) is 12.1. The minimum atomic E-state index is 0.588. The Kier molecular flexibility index (Phi) is 8.52. The number of guanidine groups is 1. The summed E-state index contributed by atoms with van der Waals surface area (Å²) >= 11 is 0. The molecule has 0 aliphatic carbocycles. The third-order valence-electron chi connectivity index (χ3n) is 3.08. The lowest BCUT2D eigenvalue weighted by atomic mass is 10.1. The standard InChI is InChI=1S/C16H27N3/c1-2-3-4-8-13-18-16(17)19-14-9-12-15-10-6-5-7-11-15/h5-7,10-11H,2-4,8-9,12-14H2,1H3,(H3,17,18,19). The first-order valence-corrected chi connectivity index (χ1v) is 7.40. The number of aryl methyl sites for hydroxylation is 1. The first-order chi connectivity index (χ1) is 9.33. The Hall–Kier alpha value is -1.51. The van der Waals surface area contributed by atoms with E-state index < -0.39 is 0 Å². The van der Waals surface area contributed by atoms with E-state index in [4.69, 9.17) is 5.73 Å². The molecule has 19 heavy (non-hydrogen) atoms. The number of nitrogens with two attached hydrogens (primary N) is 1. The van der Waals surface area contributed by atoms with Gasteiger partial charge in [0.2, 0.25) is 0 Å². The molecule has 0 unspecified atom stereocenters. The molecule has 0 aliphatic rings. The fourth-order valence-corrected chi connectivity index (χ4v) is 1.95. The number of aliphatic imine (C=N–C) groups is 1. The molecule has 0 saturated carbocycles. The number of rotatable bonds is 9. The first-order valence-electron chi connectivity index (χ1n) is 7.40. The molecular formula is C16H27N3. The molecule has 0 radical (unpaired) electrons. The number of benzene rings is 1. The summed E-state index contributed by atoms with van der Waals surface area (Å²) < 4.78 is 0. The molecule has 0 atom stereocenters. The maximum atomic E-state index is 5.81. The SMILES string of the molecule is CCCCCCNC(N)=NCCCc1ccccc1. The van der Waals surface area contributed by atoms with Crippen LogP contribution >= 0.6 is 0 Å². The van der Waals surface area contributed by atoms with Gasteiger partial charge in [-0.25, -0.2) is 0 Å². The number of hydrogen-bond acceptors (Lipinski definition) is 1. The van der Waals surface area contributed by atoms with Gasteiger partial charge in [-0.05, 0) is 24.8 Å². The topological polar surface area (TPSA) is 50.4 Å². The van der Waals surface area contributed by atoms with E-state index in [1.807, 2.05) is 6.07 Å². The predicted molar refractivity (Wildman–Crippen MR) is 83.4 cm³/mol. The molecule has 3 heteroatoms. The highest BCUT2D eigenvalue weighted by atomic mass is 15.1. The summed E-state index contributed by atoms with van der Waals surface area (Å²) in [6.07, 6.45) is 7.12. The van der Waals surface area contributed by atoms with Crippen molar-refractivity contribution in [3.05, 3.63) is 35.9 Å². The lowest BCUT2D eigenvalue weighted by Gasteiger charge is -2.05. The Morgan fingerprint density at radius 2 is 1.89 bits per heavy atom. The average Bonchev–Trinajstić information content (AvgIpc) is 2.44. The van der Waals surface area contributed by atoms with Crippen molar-refractivity contribution in [3.63, 3.8) is 0 Å². The monoisotopic (exact) mass is 261 g/mol. The molecule has 0 amide bonds. The molecule has 0 aromatic heterocycles. The highest BCUT2D eigenvalue weighted by molar-refractivity contribution is 5.77. The molecule has 3 N–H and O–H groups in total. The van der Waals surface area contributed by atoms with Crippen LogP contribution in [0.3, 0.4) is 0 Å². The Bertz CT molecular complexity index is 346. The van der Waals surface area contributed by atoms with Gasteiger partial charge in [-0.15, -0.1) is 0 Å². The van der Waals surface area contributed by atoms with Crippen LogP contribution < -0.4 is 11.1 Å². The predicted octanol–water partition coefficient (Wildman–Crippen LogP) is 3.10. The Labute approximate surface area is 117 Å². The minimum absolute atomic E-state index is 0.588. The van der Waals surface area contributed by atoms with Crippen molar-refractivity contribution >= 4 is 5.96 Å². The largest absolute Gasteiger partial charge is 0.370 e. The number of nitrogens with zero attached hydrogens (tertiary/aromatic N) is 1. The van der Waals surface area contributed by atoms with Crippen LogP contribution in [-0.2, 0) is 6.42 Å². The van der Waals surface area contributed by atoms with Gasteiger partial charge in [0.25, 0.3) is 0 Å². The summed E-state index contributed by atoms with van der Waals surface area (Å²) in [7, 11) is 0. The lowest BCUT2D eigenvalue weighted by Crippen LogP contribution is -2.32. The van der Waals surface area contributed by atoms with E-state index in [0.29, 0.717) is 5.96 Å². The van der Waals surface area contributed by atoms with Crippen molar-refractivity contribution in [2.75, 3.05) is 13.1 Å². The molecule has 106 valence electrons. The number of unbranched alkanes of at least 4 members (excludes halogenated alkanes) is 3. The highest BCUT2D eigenvalue weighted by Crippen LogP contribution is 2.02. The summed E-state index contributed by atoms with van der Waals surface area (Å²) in [4.78, 5) is 4.34. The van der Waals surface area contributed by atoms with Crippen LogP contribution in [0, 0.1) is 0 Å². The fraction of sp³-hybridized carbons (Fsp3) is 0.562. The zero-order valence-corrected chi connectivity index (χ0v) is 12.1. The van der Waals surface area contributed by atoms with E-state index >= 15 is 0 Å². The van der Waals surface area contributed by atoms with Gasteiger partial charge in [-0.1, -0.05) is 56.5 Å². The smallest absolute Gasteiger partial charge is 0.188 e. The van der Waals surface area contributed by atoms with E-state index in [0.717, 1.165) is 25.9 Å². The molecule has 0 bridgehead atoms. The third-order valence-corrected chi connectivity index (χ3v) is 3.08. The number of nitrogens with one attached hydrogen (secondary N) is 1. The summed E-state index contributed by atoms with van der Waals surface area (Å²) in [5.41, 5.74) is 7.17. The summed E-state index contributed by atoms with van der Waals surface area (Å²) in [5.74, 6) is 0.588. The molecule has 3 nitrogen and oxygen atoms in total. The van der Waals surface area contributed by atoms with Gasteiger partial charge < -0.3 is 11.1 Å². The first kappa shape index (κ1) is 15.5. The van der Waals surface area contributed by atoms with Gasteiger partial charge in [0, 0.05) is 13.1 Å². The van der Waals surface area contributed by atoms with Crippen molar-refractivity contribution < 1.29 is 0 Å². The van der Waals surface area contributed by atoms with Crippen molar-refractivity contribution in [1.82, 2.24) is 5.32 Å². The van der Waals surface area contributed by atoms with Crippen LogP contribution in [0.15, 0.2) is 35.3 Å². The average molecular weight is 261 g/mol. The second-order valence-corrected chi connectivity index (χ2v) is 4.84. The minimum Gasteiger partial charge on any atom is -0.370 e. The van der Waals surface area contributed by atoms with Crippen LogP contribution in [0.4, 0.5) is 0 Å². The molecule has 0 heterocycles. The maximum Gasteiger partial charge on any atom is 0.188 e. The Balaban J connectivity index is 2.04. The second-order valence-electron chi connectivity index (χ2n) is 4.84. The normalized spacial score (nSPS) is 11.5.